The van der Waals surface area contributed by atoms with Crippen LogP contribution in [0.2, 0.25) is 0 Å². The van der Waals surface area contributed by atoms with Crippen LogP contribution in [0.15, 0.2) is 11.4 Å². The first-order valence-corrected chi connectivity index (χ1v) is 7.37. The minimum Gasteiger partial charge on any atom is -0.386 e. The first-order chi connectivity index (χ1) is 8.24. The van der Waals surface area contributed by atoms with Crippen LogP contribution in [0.1, 0.15) is 48.6 Å². The Morgan fingerprint density at radius 1 is 1.35 bits per heavy atom. The zero-order chi connectivity index (χ0) is 12.3. The van der Waals surface area contributed by atoms with Gasteiger partial charge in [-0.15, -0.1) is 11.3 Å². The number of rotatable bonds is 4. The quantitative estimate of drug-likeness (QED) is 0.888. The number of aliphatic hydroxyl groups excluding tert-OH is 1. The summed E-state index contributed by atoms with van der Waals surface area (Å²) in [6.07, 6.45) is 5.77. The highest BCUT2D eigenvalue weighted by atomic mass is 32.1. The van der Waals surface area contributed by atoms with Crippen molar-refractivity contribution in [3.05, 3.63) is 21.9 Å². The molecule has 1 N–H and O–H groups in total. The van der Waals surface area contributed by atoms with E-state index in [1.54, 1.807) is 18.4 Å². The Bertz CT molecular complexity index is 342. The molecule has 1 heterocycles. The van der Waals surface area contributed by atoms with E-state index in [-0.39, 0.29) is 6.10 Å². The molecule has 1 aliphatic rings. The third-order valence-electron chi connectivity index (χ3n) is 3.92. The molecule has 1 aromatic rings. The van der Waals surface area contributed by atoms with Gasteiger partial charge < -0.3 is 9.84 Å². The van der Waals surface area contributed by atoms with Crippen molar-refractivity contribution in [3.63, 3.8) is 0 Å². The highest BCUT2D eigenvalue weighted by molar-refractivity contribution is 7.10. The van der Waals surface area contributed by atoms with Gasteiger partial charge in [-0.05, 0) is 42.7 Å². The molecular weight excluding hydrogens is 232 g/mol. The van der Waals surface area contributed by atoms with E-state index >= 15 is 0 Å². The number of methoxy groups -OCH3 is 1. The number of thiophene rings is 1. The summed E-state index contributed by atoms with van der Waals surface area (Å²) in [5.41, 5.74) is 1.05. The first-order valence-electron chi connectivity index (χ1n) is 6.49. The average molecular weight is 254 g/mol. The Balaban J connectivity index is 2.09. The molecule has 3 heteroatoms. The lowest BCUT2D eigenvalue weighted by Crippen LogP contribution is -2.31. The maximum absolute atomic E-state index is 10.5. The van der Waals surface area contributed by atoms with E-state index in [1.165, 1.54) is 37.0 Å². The SMILES string of the molecule is COC(C1CCCCC1)C(O)c1ccsc1C. The fraction of sp³-hybridized carbons (Fsp3) is 0.714. The number of hydrogen-bond acceptors (Lipinski definition) is 3. The van der Waals surface area contributed by atoms with E-state index in [1.807, 2.05) is 11.4 Å². The maximum Gasteiger partial charge on any atom is 0.106 e. The minimum absolute atomic E-state index is 0.0383. The summed E-state index contributed by atoms with van der Waals surface area (Å²) < 4.78 is 5.58. The highest BCUT2D eigenvalue weighted by Crippen LogP contribution is 2.35. The predicted octanol–water partition coefficient (Wildman–Crippen LogP) is 3.69. The molecule has 1 fully saturated rings. The molecule has 1 aliphatic carbocycles. The molecule has 0 amide bonds. The number of aliphatic hydroxyl groups is 1. The molecule has 0 saturated heterocycles. The normalized spacial score (nSPS) is 21.4. The Hall–Kier alpha value is -0.380. The Morgan fingerprint density at radius 3 is 2.59 bits per heavy atom. The minimum atomic E-state index is -0.464. The molecule has 1 aromatic heterocycles. The monoisotopic (exact) mass is 254 g/mol. The second-order valence-electron chi connectivity index (χ2n) is 4.98. The molecule has 96 valence electrons. The van der Waals surface area contributed by atoms with Gasteiger partial charge in [0.25, 0.3) is 0 Å². The summed E-state index contributed by atoms with van der Waals surface area (Å²) in [6.45, 7) is 2.07. The second-order valence-corrected chi connectivity index (χ2v) is 6.10. The van der Waals surface area contributed by atoms with E-state index in [0.29, 0.717) is 5.92 Å². The molecule has 2 atom stereocenters. The van der Waals surface area contributed by atoms with Gasteiger partial charge in [-0.3, -0.25) is 0 Å². The first kappa shape index (κ1) is 13.1. The number of hydrogen-bond donors (Lipinski definition) is 1. The van der Waals surface area contributed by atoms with Gasteiger partial charge in [-0.1, -0.05) is 19.3 Å². The van der Waals surface area contributed by atoms with Crippen molar-refractivity contribution < 1.29 is 9.84 Å². The van der Waals surface area contributed by atoms with E-state index in [4.69, 9.17) is 4.74 Å². The van der Waals surface area contributed by atoms with Crippen molar-refractivity contribution >= 4 is 11.3 Å². The zero-order valence-electron chi connectivity index (χ0n) is 10.7. The Morgan fingerprint density at radius 2 is 2.06 bits per heavy atom. The molecule has 0 aliphatic heterocycles. The molecule has 0 aromatic carbocycles. The summed E-state index contributed by atoms with van der Waals surface area (Å²) in [5.74, 6) is 0.517. The average Bonchev–Trinajstić information content (AvgIpc) is 2.77. The van der Waals surface area contributed by atoms with Crippen LogP contribution in [0.5, 0.6) is 0 Å². The molecular formula is C14H22O2S. The van der Waals surface area contributed by atoms with Gasteiger partial charge >= 0.3 is 0 Å². The lowest BCUT2D eigenvalue weighted by atomic mass is 9.82. The van der Waals surface area contributed by atoms with E-state index in [0.717, 1.165) is 5.56 Å². The van der Waals surface area contributed by atoms with E-state index in [9.17, 15) is 5.11 Å². The molecule has 1 saturated carbocycles. The summed E-state index contributed by atoms with van der Waals surface area (Å²) in [4.78, 5) is 1.20. The molecule has 0 bridgehead atoms. The lowest BCUT2D eigenvalue weighted by Gasteiger charge is -2.32. The van der Waals surface area contributed by atoms with Crippen molar-refractivity contribution in [2.75, 3.05) is 7.11 Å². The fourth-order valence-corrected chi connectivity index (χ4v) is 3.66. The van der Waals surface area contributed by atoms with Crippen LogP contribution in [0.25, 0.3) is 0 Å². The van der Waals surface area contributed by atoms with Crippen LogP contribution in [0.4, 0.5) is 0 Å². The highest BCUT2D eigenvalue weighted by Gasteiger charge is 2.31. The predicted molar refractivity (Wildman–Crippen MR) is 71.4 cm³/mol. The summed E-state index contributed by atoms with van der Waals surface area (Å²) in [7, 11) is 1.73. The number of aryl methyl sites for hydroxylation is 1. The van der Waals surface area contributed by atoms with Gasteiger partial charge in [0, 0.05) is 12.0 Å². The van der Waals surface area contributed by atoms with Gasteiger partial charge in [0.1, 0.15) is 6.10 Å². The smallest absolute Gasteiger partial charge is 0.106 e. The summed E-state index contributed by atoms with van der Waals surface area (Å²) >= 11 is 1.69. The summed E-state index contributed by atoms with van der Waals surface area (Å²) in [5, 5.41) is 12.5. The zero-order valence-corrected chi connectivity index (χ0v) is 11.5. The second kappa shape index (κ2) is 5.98. The van der Waals surface area contributed by atoms with Crippen molar-refractivity contribution in [3.8, 4) is 0 Å². The Labute approximate surface area is 108 Å². The molecule has 2 unspecified atom stereocenters. The van der Waals surface area contributed by atoms with Crippen molar-refractivity contribution in [1.29, 1.82) is 0 Å². The topological polar surface area (TPSA) is 29.5 Å². The lowest BCUT2D eigenvalue weighted by molar-refractivity contribution is -0.0559. The van der Waals surface area contributed by atoms with Crippen molar-refractivity contribution in [2.24, 2.45) is 5.92 Å². The van der Waals surface area contributed by atoms with Crippen LogP contribution in [0.3, 0.4) is 0 Å². The van der Waals surface area contributed by atoms with Crippen LogP contribution < -0.4 is 0 Å². The largest absolute Gasteiger partial charge is 0.386 e. The van der Waals surface area contributed by atoms with Crippen molar-refractivity contribution in [1.82, 2.24) is 0 Å². The Kier molecular flexibility index (Phi) is 4.60. The van der Waals surface area contributed by atoms with Crippen LogP contribution >= 0.6 is 11.3 Å². The van der Waals surface area contributed by atoms with Crippen LogP contribution in [0, 0.1) is 12.8 Å². The van der Waals surface area contributed by atoms with Gasteiger partial charge in [0.15, 0.2) is 0 Å². The third kappa shape index (κ3) is 2.90. The molecule has 2 nitrogen and oxygen atoms in total. The summed E-state index contributed by atoms with van der Waals surface area (Å²) in [6, 6.07) is 2.03. The molecule has 0 radical (unpaired) electrons. The van der Waals surface area contributed by atoms with E-state index in [2.05, 4.69) is 6.92 Å². The third-order valence-corrected chi connectivity index (χ3v) is 4.78. The molecule has 17 heavy (non-hydrogen) atoms. The van der Waals surface area contributed by atoms with Gasteiger partial charge in [-0.25, -0.2) is 0 Å². The molecule has 2 rings (SSSR count). The van der Waals surface area contributed by atoms with Crippen molar-refractivity contribution in [2.45, 2.75) is 51.2 Å². The van der Waals surface area contributed by atoms with Gasteiger partial charge in [0.05, 0.1) is 6.10 Å². The standard InChI is InChI=1S/C14H22O2S/c1-10-12(8-9-17-10)13(15)14(16-2)11-6-4-3-5-7-11/h8-9,11,13-15H,3-7H2,1-2H3. The van der Waals surface area contributed by atoms with Gasteiger partial charge in [-0.2, -0.15) is 0 Å². The van der Waals surface area contributed by atoms with Crippen LogP contribution in [-0.2, 0) is 4.74 Å². The maximum atomic E-state index is 10.5. The molecule has 0 spiro atoms. The van der Waals surface area contributed by atoms with E-state index < -0.39 is 6.10 Å². The number of ether oxygens (including phenoxy) is 1. The fourth-order valence-electron chi connectivity index (χ4n) is 2.92. The van der Waals surface area contributed by atoms with Gasteiger partial charge in [0.2, 0.25) is 0 Å². The van der Waals surface area contributed by atoms with Crippen LogP contribution in [-0.4, -0.2) is 18.3 Å².